The average Bonchev–Trinajstić information content (AvgIpc) is 2.74. The van der Waals surface area contributed by atoms with Gasteiger partial charge >= 0.3 is 0 Å². The van der Waals surface area contributed by atoms with Crippen LogP contribution in [0.25, 0.3) is 0 Å². The van der Waals surface area contributed by atoms with Gasteiger partial charge in [-0.1, -0.05) is 6.92 Å². The molecular weight excluding hydrogens is 234 g/mol. The zero-order chi connectivity index (χ0) is 12.7. The second-order valence-corrected chi connectivity index (χ2v) is 5.82. The maximum absolute atomic E-state index is 10.0. The van der Waals surface area contributed by atoms with Crippen molar-refractivity contribution in [3.63, 3.8) is 0 Å². The van der Waals surface area contributed by atoms with Gasteiger partial charge in [0.1, 0.15) is 0 Å². The largest absolute Gasteiger partial charge is 0.389 e. The second-order valence-electron chi connectivity index (χ2n) is 4.56. The van der Waals surface area contributed by atoms with Crippen LogP contribution in [-0.4, -0.2) is 31.0 Å². The summed E-state index contributed by atoms with van der Waals surface area (Å²) in [4.78, 5) is 2.73. The number of aliphatic hydroxyl groups is 1. The maximum Gasteiger partial charge on any atom is 0.0765 e. The van der Waals surface area contributed by atoms with Crippen LogP contribution in [0.15, 0.2) is 12.1 Å². The lowest BCUT2D eigenvalue weighted by Gasteiger charge is -2.23. The van der Waals surface area contributed by atoms with Crippen molar-refractivity contribution in [2.75, 3.05) is 20.3 Å². The number of methoxy groups -OCH3 is 1. The van der Waals surface area contributed by atoms with E-state index in [9.17, 15) is 5.11 Å². The molecule has 2 N–H and O–H groups in total. The van der Waals surface area contributed by atoms with Gasteiger partial charge in [-0.2, -0.15) is 0 Å². The Morgan fingerprint density at radius 3 is 2.71 bits per heavy atom. The Bertz CT molecular complexity index is 323. The molecule has 98 valence electrons. The van der Waals surface area contributed by atoms with E-state index in [1.165, 1.54) is 9.75 Å². The Kier molecular flexibility index (Phi) is 6.12. The highest BCUT2D eigenvalue weighted by molar-refractivity contribution is 7.11. The molecular formula is C13H23NO2S. The van der Waals surface area contributed by atoms with Crippen LogP contribution in [0.4, 0.5) is 0 Å². The van der Waals surface area contributed by atoms with Gasteiger partial charge in [-0.3, -0.25) is 0 Å². The minimum Gasteiger partial charge on any atom is -0.389 e. The van der Waals surface area contributed by atoms with Crippen molar-refractivity contribution in [1.29, 1.82) is 0 Å². The Morgan fingerprint density at radius 1 is 1.41 bits per heavy atom. The van der Waals surface area contributed by atoms with Crippen molar-refractivity contribution in [2.24, 2.45) is 0 Å². The molecule has 1 heterocycles. The van der Waals surface area contributed by atoms with Crippen LogP contribution in [0, 0.1) is 0 Å². The smallest absolute Gasteiger partial charge is 0.0765 e. The lowest BCUT2D eigenvalue weighted by atomic mass is 10.0. The van der Waals surface area contributed by atoms with Crippen LogP contribution in [0.1, 0.15) is 30.0 Å². The van der Waals surface area contributed by atoms with E-state index in [0.29, 0.717) is 19.6 Å². The molecule has 0 fully saturated rings. The highest BCUT2D eigenvalue weighted by Crippen LogP contribution is 2.17. The minimum atomic E-state index is -0.694. The summed E-state index contributed by atoms with van der Waals surface area (Å²) in [6, 6.07) is 4.32. The molecule has 0 bridgehead atoms. The molecule has 0 amide bonds. The van der Waals surface area contributed by atoms with E-state index in [4.69, 9.17) is 4.74 Å². The highest BCUT2D eigenvalue weighted by Gasteiger charge is 2.19. The van der Waals surface area contributed by atoms with E-state index in [1.807, 2.05) is 18.3 Å². The number of aryl methyl sites for hydroxylation is 1. The number of nitrogens with one attached hydrogen (secondary N) is 1. The van der Waals surface area contributed by atoms with E-state index < -0.39 is 5.60 Å². The van der Waals surface area contributed by atoms with Gasteiger partial charge in [0.15, 0.2) is 0 Å². The van der Waals surface area contributed by atoms with Gasteiger partial charge in [-0.15, -0.1) is 11.3 Å². The number of hydrogen-bond donors (Lipinski definition) is 2. The van der Waals surface area contributed by atoms with Crippen molar-refractivity contribution in [3.05, 3.63) is 21.9 Å². The Hall–Kier alpha value is -0.420. The molecule has 4 heteroatoms. The van der Waals surface area contributed by atoms with Crippen LogP contribution < -0.4 is 5.32 Å². The molecule has 0 saturated heterocycles. The van der Waals surface area contributed by atoms with Crippen molar-refractivity contribution in [2.45, 2.75) is 38.8 Å². The first kappa shape index (κ1) is 14.6. The number of ether oxygens (including phenoxy) is 1. The van der Waals surface area contributed by atoms with Crippen LogP contribution in [0.2, 0.25) is 0 Å². The second kappa shape index (κ2) is 7.11. The van der Waals surface area contributed by atoms with Crippen molar-refractivity contribution in [1.82, 2.24) is 5.32 Å². The van der Waals surface area contributed by atoms with E-state index >= 15 is 0 Å². The summed E-state index contributed by atoms with van der Waals surface area (Å²) < 4.78 is 4.97. The molecule has 1 aromatic heterocycles. The van der Waals surface area contributed by atoms with Crippen LogP contribution in [0.3, 0.4) is 0 Å². The monoisotopic (exact) mass is 257 g/mol. The summed E-state index contributed by atoms with van der Waals surface area (Å²) in [6.07, 6.45) is 1.75. The molecule has 0 saturated carbocycles. The van der Waals surface area contributed by atoms with Gasteiger partial charge in [-0.05, 0) is 25.5 Å². The van der Waals surface area contributed by atoms with Gasteiger partial charge in [0.05, 0.1) is 5.60 Å². The molecule has 0 aliphatic rings. The molecule has 0 aliphatic carbocycles. The van der Waals surface area contributed by atoms with Crippen molar-refractivity contribution < 1.29 is 9.84 Å². The lowest BCUT2D eigenvalue weighted by molar-refractivity contribution is 0.0248. The van der Waals surface area contributed by atoms with E-state index in [2.05, 4.69) is 24.4 Å². The van der Waals surface area contributed by atoms with Gasteiger partial charge in [-0.25, -0.2) is 0 Å². The topological polar surface area (TPSA) is 41.5 Å². The first-order valence-electron chi connectivity index (χ1n) is 6.07. The molecule has 1 unspecified atom stereocenters. The standard InChI is InChI=1S/C13H23NO2S/c1-4-11-5-6-12(17-11)9-14-10-13(2,15)7-8-16-3/h5-6,14-15H,4,7-10H2,1-3H3. The number of thiophene rings is 1. The van der Waals surface area contributed by atoms with Crippen molar-refractivity contribution >= 4 is 11.3 Å². The summed E-state index contributed by atoms with van der Waals surface area (Å²) >= 11 is 1.83. The molecule has 0 spiro atoms. The summed E-state index contributed by atoms with van der Waals surface area (Å²) in [5, 5.41) is 13.3. The number of hydrogen-bond acceptors (Lipinski definition) is 4. The third kappa shape index (κ3) is 5.64. The van der Waals surface area contributed by atoms with Crippen LogP contribution in [0.5, 0.6) is 0 Å². The van der Waals surface area contributed by atoms with Gasteiger partial charge in [0.25, 0.3) is 0 Å². The normalized spacial score (nSPS) is 14.8. The maximum atomic E-state index is 10.0. The molecule has 3 nitrogen and oxygen atoms in total. The molecule has 17 heavy (non-hydrogen) atoms. The number of rotatable bonds is 8. The van der Waals surface area contributed by atoms with E-state index in [0.717, 1.165) is 13.0 Å². The zero-order valence-electron chi connectivity index (χ0n) is 11.0. The van der Waals surface area contributed by atoms with Crippen molar-refractivity contribution in [3.8, 4) is 0 Å². The Labute approximate surface area is 108 Å². The highest BCUT2D eigenvalue weighted by atomic mass is 32.1. The zero-order valence-corrected chi connectivity index (χ0v) is 11.8. The summed E-state index contributed by atoms with van der Waals surface area (Å²) in [5.41, 5.74) is -0.694. The molecule has 1 rings (SSSR count). The van der Waals surface area contributed by atoms with E-state index in [-0.39, 0.29) is 0 Å². The van der Waals surface area contributed by atoms with Gasteiger partial charge in [0.2, 0.25) is 0 Å². The Morgan fingerprint density at radius 2 is 2.12 bits per heavy atom. The SMILES string of the molecule is CCc1ccc(CNCC(C)(O)CCOC)s1. The molecule has 1 atom stereocenters. The summed E-state index contributed by atoms with van der Waals surface area (Å²) in [7, 11) is 1.65. The minimum absolute atomic E-state index is 0.591. The predicted octanol–water partition coefficient (Wildman–Crippen LogP) is 2.19. The molecule has 0 radical (unpaired) electrons. The van der Waals surface area contributed by atoms with E-state index in [1.54, 1.807) is 7.11 Å². The van der Waals surface area contributed by atoms with Crippen LogP contribution >= 0.6 is 11.3 Å². The predicted molar refractivity (Wildman–Crippen MR) is 72.5 cm³/mol. The quantitative estimate of drug-likeness (QED) is 0.750. The fourth-order valence-corrected chi connectivity index (χ4v) is 2.50. The lowest BCUT2D eigenvalue weighted by Crippen LogP contribution is -2.38. The van der Waals surface area contributed by atoms with Gasteiger partial charge in [0, 0.05) is 43.0 Å². The third-order valence-corrected chi connectivity index (χ3v) is 3.95. The van der Waals surface area contributed by atoms with Crippen LogP contribution in [-0.2, 0) is 17.7 Å². The first-order valence-corrected chi connectivity index (χ1v) is 6.88. The summed E-state index contributed by atoms with van der Waals surface area (Å²) in [5.74, 6) is 0. The molecule has 0 aliphatic heterocycles. The summed E-state index contributed by atoms with van der Waals surface area (Å²) in [6.45, 7) is 6.01. The van der Waals surface area contributed by atoms with Gasteiger partial charge < -0.3 is 15.2 Å². The average molecular weight is 257 g/mol. The Balaban J connectivity index is 2.26. The first-order chi connectivity index (χ1) is 8.07. The molecule has 0 aromatic carbocycles. The fraction of sp³-hybridized carbons (Fsp3) is 0.692. The fourth-order valence-electron chi connectivity index (χ4n) is 1.57. The third-order valence-electron chi connectivity index (χ3n) is 2.72. The molecule has 1 aromatic rings.